The van der Waals surface area contributed by atoms with Gasteiger partial charge in [0.1, 0.15) is 0 Å². The van der Waals surface area contributed by atoms with Crippen molar-refractivity contribution >= 4 is 5.69 Å². The molecule has 0 amide bonds. The second-order valence-electron chi connectivity index (χ2n) is 3.62. The largest absolute Gasteiger partial charge is 0.378 e. The van der Waals surface area contributed by atoms with Gasteiger partial charge in [0.25, 0.3) is 0 Å². The fourth-order valence-corrected chi connectivity index (χ4v) is 1.47. The molecule has 2 aromatic heterocycles. The van der Waals surface area contributed by atoms with Crippen LogP contribution in [0.15, 0.2) is 30.7 Å². The number of aryl methyl sites for hydroxylation is 1. The minimum absolute atomic E-state index is 0.473. The lowest BCUT2D eigenvalue weighted by Crippen LogP contribution is -2.03. The van der Waals surface area contributed by atoms with Gasteiger partial charge in [-0.15, -0.1) is 0 Å². The number of nitrogens with zero attached hydrogens (tertiary/aromatic N) is 3. The van der Waals surface area contributed by atoms with Gasteiger partial charge in [-0.3, -0.25) is 9.67 Å². The lowest BCUT2D eigenvalue weighted by Gasteiger charge is -2.04. The first kappa shape index (κ1) is 10.6. The van der Waals surface area contributed by atoms with E-state index in [2.05, 4.69) is 15.4 Å². The number of anilines is 1. The number of aromatic nitrogens is 3. The summed E-state index contributed by atoms with van der Waals surface area (Å²) in [7, 11) is 1.89. The van der Waals surface area contributed by atoms with Crippen molar-refractivity contribution in [1.82, 2.24) is 14.8 Å². The lowest BCUT2D eigenvalue weighted by molar-refractivity contribution is 0.768. The molecule has 2 rings (SSSR count). The average Bonchev–Trinajstić information content (AvgIpc) is 2.73. The van der Waals surface area contributed by atoms with Crippen LogP contribution < -0.4 is 11.1 Å². The highest BCUT2D eigenvalue weighted by Gasteiger charge is 1.98. The van der Waals surface area contributed by atoms with E-state index in [1.807, 2.05) is 25.4 Å². The summed E-state index contributed by atoms with van der Waals surface area (Å²) in [5.74, 6) is 0. The summed E-state index contributed by atoms with van der Waals surface area (Å²) in [5, 5.41) is 7.37. The molecule has 16 heavy (non-hydrogen) atoms. The molecular weight excluding hydrogens is 202 g/mol. The second-order valence-corrected chi connectivity index (χ2v) is 3.62. The van der Waals surface area contributed by atoms with Crippen LogP contribution in [0.5, 0.6) is 0 Å². The van der Waals surface area contributed by atoms with Crippen molar-refractivity contribution in [1.29, 1.82) is 0 Å². The number of nitrogens with one attached hydrogen (secondary N) is 1. The molecule has 0 aliphatic rings. The molecule has 0 aliphatic carbocycles. The quantitative estimate of drug-likeness (QED) is 0.798. The zero-order valence-electron chi connectivity index (χ0n) is 9.22. The summed E-state index contributed by atoms with van der Waals surface area (Å²) < 4.78 is 1.76. The topological polar surface area (TPSA) is 68.8 Å². The molecule has 2 aromatic rings. The number of rotatable bonds is 4. The zero-order chi connectivity index (χ0) is 11.4. The summed E-state index contributed by atoms with van der Waals surface area (Å²) in [6.45, 7) is 1.22. The molecule has 3 N–H and O–H groups in total. The predicted octanol–water partition coefficient (Wildman–Crippen LogP) is 0.886. The van der Waals surface area contributed by atoms with Crippen molar-refractivity contribution in [2.45, 2.75) is 13.1 Å². The van der Waals surface area contributed by atoms with Gasteiger partial charge in [-0.2, -0.15) is 5.10 Å². The Morgan fingerprint density at radius 2 is 2.38 bits per heavy atom. The van der Waals surface area contributed by atoms with Crippen molar-refractivity contribution in [2.75, 3.05) is 5.32 Å². The van der Waals surface area contributed by atoms with Crippen molar-refractivity contribution < 1.29 is 0 Å². The Morgan fingerprint density at radius 3 is 3.06 bits per heavy atom. The summed E-state index contributed by atoms with van der Waals surface area (Å²) in [6.07, 6.45) is 5.51. The first-order chi connectivity index (χ1) is 7.78. The van der Waals surface area contributed by atoms with Gasteiger partial charge in [0.2, 0.25) is 0 Å². The van der Waals surface area contributed by atoms with Gasteiger partial charge in [-0.05, 0) is 17.7 Å². The molecule has 5 nitrogen and oxygen atoms in total. The summed E-state index contributed by atoms with van der Waals surface area (Å²) in [4.78, 5) is 4.15. The van der Waals surface area contributed by atoms with Crippen molar-refractivity contribution in [3.05, 3.63) is 42.0 Å². The van der Waals surface area contributed by atoms with Crippen molar-refractivity contribution in [2.24, 2.45) is 12.8 Å². The molecule has 0 aromatic carbocycles. The van der Waals surface area contributed by atoms with Crippen LogP contribution in [0.3, 0.4) is 0 Å². The third kappa shape index (κ3) is 2.58. The summed E-state index contributed by atoms with van der Waals surface area (Å²) in [6, 6.07) is 3.98. The number of hydrogen-bond acceptors (Lipinski definition) is 4. The number of pyridine rings is 1. The van der Waals surface area contributed by atoms with E-state index in [0.717, 1.165) is 17.9 Å². The van der Waals surface area contributed by atoms with Gasteiger partial charge < -0.3 is 11.1 Å². The van der Waals surface area contributed by atoms with Crippen LogP contribution in [0.1, 0.15) is 11.3 Å². The van der Waals surface area contributed by atoms with Crippen molar-refractivity contribution in [3.8, 4) is 0 Å². The van der Waals surface area contributed by atoms with Crippen molar-refractivity contribution in [3.63, 3.8) is 0 Å². The van der Waals surface area contributed by atoms with Gasteiger partial charge in [0, 0.05) is 32.5 Å². The summed E-state index contributed by atoms with van der Waals surface area (Å²) in [5.41, 5.74) is 8.61. The van der Waals surface area contributed by atoms with Gasteiger partial charge in [0.15, 0.2) is 0 Å². The number of hydrogen-bond donors (Lipinski definition) is 2. The number of nitrogens with two attached hydrogens (primary N) is 1. The molecule has 0 bridgehead atoms. The zero-order valence-corrected chi connectivity index (χ0v) is 9.22. The molecule has 0 saturated carbocycles. The van der Waals surface area contributed by atoms with Gasteiger partial charge >= 0.3 is 0 Å². The first-order valence-corrected chi connectivity index (χ1v) is 5.14. The Labute approximate surface area is 94.3 Å². The average molecular weight is 217 g/mol. The fraction of sp³-hybridized carbons (Fsp3) is 0.273. The first-order valence-electron chi connectivity index (χ1n) is 5.14. The van der Waals surface area contributed by atoms with E-state index in [-0.39, 0.29) is 0 Å². The van der Waals surface area contributed by atoms with Crippen LogP contribution in [0.2, 0.25) is 0 Å². The SMILES string of the molecule is Cn1cc(NCc2ccnc(CN)c2)cn1. The lowest BCUT2D eigenvalue weighted by atomic mass is 10.2. The van der Waals surface area contributed by atoms with E-state index < -0.39 is 0 Å². The molecule has 0 fully saturated rings. The highest BCUT2D eigenvalue weighted by Crippen LogP contribution is 2.07. The van der Waals surface area contributed by atoms with E-state index in [1.54, 1.807) is 17.1 Å². The second kappa shape index (κ2) is 4.76. The molecular formula is C11H15N5. The predicted molar refractivity (Wildman–Crippen MR) is 62.7 cm³/mol. The van der Waals surface area contributed by atoms with Crippen LogP contribution in [0.25, 0.3) is 0 Å². The highest BCUT2D eigenvalue weighted by atomic mass is 15.3. The fourth-order valence-electron chi connectivity index (χ4n) is 1.47. The van der Waals surface area contributed by atoms with Crippen LogP contribution in [-0.4, -0.2) is 14.8 Å². The Balaban J connectivity index is 1.99. The van der Waals surface area contributed by atoms with Crippen LogP contribution in [-0.2, 0) is 20.1 Å². The van der Waals surface area contributed by atoms with Crippen LogP contribution >= 0.6 is 0 Å². The van der Waals surface area contributed by atoms with Crippen LogP contribution in [0.4, 0.5) is 5.69 Å². The van der Waals surface area contributed by atoms with E-state index in [9.17, 15) is 0 Å². The molecule has 0 aliphatic heterocycles. The van der Waals surface area contributed by atoms with Gasteiger partial charge in [-0.1, -0.05) is 0 Å². The third-order valence-electron chi connectivity index (χ3n) is 2.29. The maximum atomic E-state index is 5.53. The minimum Gasteiger partial charge on any atom is -0.378 e. The molecule has 2 heterocycles. The van der Waals surface area contributed by atoms with Gasteiger partial charge in [-0.25, -0.2) is 0 Å². The summed E-state index contributed by atoms with van der Waals surface area (Å²) >= 11 is 0. The molecule has 0 saturated heterocycles. The Kier molecular flexibility index (Phi) is 3.16. The molecule has 0 spiro atoms. The van der Waals surface area contributed by atoms with E-state index in [4.69, 9.17) is 5.73 Å². The van der Waals surface area contributed by atoms with E-state index >= 15 is 0 Å². The van der Waals surface area contributed by atoms with Crippen LogP contribution in [0, 0.1) is 0 Å². The normalized spacial score (nSPS) is 10.4. The van der Waals surface area contributed by atoms with E-state index in [0.29, 0.717) is 6.54 Å². The molecule has 0 radical (unpaired) electrons. The molecule has 0 atom stereocenters. The Hall–Kier alpha value is -1.88. The maximum Gasteiger partial charge on any atom is 0.0729 e. The Morgan fingerprint density at radius 1 is 1.50 bits per heavy atom. The highest BCUT2D eigenvalue weighted by molar-refractivity contribution is 5.39. The standard InChI is InChI=1S/C11H15N5/c1-16-8-11(7-15-16)14-6-9-2-3-13-10(4-9)5-12/h2-4,7-8,14H,5-6,12H2,1H3. The third-order valence-corrected chi connectivity index (χ3v) is 2.29. The Bertz CT molecular complexity index is 463. The molecule has 5 heteroatoms. The monoisotopic (exact) mass is 217 g/mol. The maximum absolute atomic E-state index is 5.53. The minimum atomic E-state index is 0.473. The van der Waals surface area contributed by atoms with E-state index in [1.165, 1.54) is 5.56 Å². The smallest absolute Gasteiger partial charge is 0.0729 e. The van der Waals surface area contributed by atoms with Gasteiger partial charge in [0.05, 0.1) is 17.6 Å². The molecule has 0 unspecified atom stereocenters. The molecule has 84 valence electrons.